The molecular weight excluding hydrogens is 441 g/mol. The van der Waals surface area contributed by atoms with E-state index in [1.807, 2.05) is 0 Å². The van der Waals surface area contributed by atoms with Crippen LogP contribution < -0.4 is 5.32 Å². The number of carbonyl (C=O) groups excluding carboxylic acids is 3. The van der Waals surface area contributed by atoms with Crippen molar-refractivity contribution < 1.29 is 31.9 Å². The highest BCUT2D eigenvalue weighted by Gasteiger charge is 2.35. The standard InChI is InChI=1S/C21H20FN3O6S/c22-17-6-5-14(13-18(17)32(29,30)24-9-11-31-12-10-24)23-19(26)7-8-25-20(27)15-3-1-2-4-16(15)21(25)28/h1-6,13H,7-12H2,(H,23,26). The number of hydrogen-bond donors (Lipinski definition) is 1. The summed E-state index contributed by atoms with van der Waals surface area (Å²) in [6.45, 7) is 0.514. The molecule has 0 aromatic heterocycles. The zero-order valence-electron chi connectivity index (χ0n) is 16.9. The quantitative estimate of drug-likeness (QED) is 0.652. The van der Waals surface area contributed by atoms with Gasteiger partial charge in [-0.1, -0.05) is 12.1 Å². The Labute approximate surface area is 183 Å². The van der Waals surface area contributed by atoms with Gasteiger partial charge in [0.25, 0.3) is 11.8 Å². The Hall–Kier alpha value is -3.15. The van der Waals surface area contributed by atoms with Crippen molar-refractivity contribution >= 4 is 33.4 Å². The second-order valence-electron chi connectivity index (χ2n) is 7.27. The van der Waals surface area contributed by atoms with E-state index in [1.54, 1.807) is 24.3 Å². The number of ether oxygens (including phenoxy) is 1. The first-order valence-corrected chi connectivity index (χ1v) is 11.4. The van der Waals surface area contributed by atoms with Crippen molar-refractivity contribution in [2.45, 2.75) is 11.3 Å². The molecule has 0 bridgehead atoms. The van der Waals surface area contributed by atoms with E-state index in [0.717, 1.165) is 21.3 Å². The molecule has 1 saturated heterocycles. The Kier molecular flexibility index (Phi) is 6.04. The number of nitrogens with one attached hydrogen (secondary N) is 1. The maximum Gasteiger partial charge on any atom is 0.261 e. The first-order chi connectivity index (χ1) is 15.3. The van der Waals surface area contributed by atoms with E-state index in [4.69, 9.17) is 4.74 Å². The molecule has 0 aliphatic carbocycles. The maximum atomic E-state index is 14.3. The third-order valence-electron chi connectivity index (χ3n) is 5.24. The summed E-state index contributed by atoms with van der Waals surface area (Å²) < 4.78 is 46.1. The molecule has 168 valence electrons. The van der Waals surface area contributed by atoms with Gasteiger partial charge in [-0.2, -0.15) is 4.31 Å². The number of halogens is 1. The van der Waals surface area contributed by atoms with Gasteiger partial charge in [0.2, 0.25) is 15.9 Å². The number of imide groups is 1. The number of benzene rings is 2. The minimum absolute atomic E-state index is 0.0885. The summed E-state index contributed by atoms with van der Waals surface area (Å²) >= 11 is 0. The van der Waals surface area contributed by atoms with Gasteiger partial charge in [0.05, 0.1) is 24.3 Å². The van der Waals surface area contributed by atoms with Gasteiger partial charge in [0.1, 0.15) is 10.7 Å². The van der Waals surface area contributed by atoms with Crippen LogP contribution in [0.5, 0.6) is 0 Å². The van der Waals surface area contributed by atoms with Crippen molar-refractivity contribution in [1.29, 1.82) is 0 Å². The lowest BCUT2D eigenvalue weighted by Gasteiger charge is -2.26. The molecule has 2 aliphatic heterocycles. The van der Waals surface area contributed by atoms with Crippen LogP contribution in [0.2, 0.25) is 0 Å². The maximum absolute atomic E-state index is 14.3. The van der Waals surface area contributed by atoms with Crippen molar-refractivity contribution in [3.63, 3.8) is 0 Å². The summed E-state index contributed by atoms with van der Waals surface area (Å²) in [5.74, 6) is -2.43. The predicted octanol–water partition coefficient (Wildman–Crippen LogP) is 1.47. The largest absolute Gasteiger partial charge is 0.379 e. The molecule has 32 heavy (non-hydrogen) atoms. The minimum atomic E-state index is -4.09. The Morgan fingerprint density at radius 2 is 1.66 bits per heavy atom. The molecule has 2 aliphatic rings. The van der Waals surface area contributed by atoms with Crippen LogP contribution in [0.4, 0.5) is 10.1 Å². The number of rotatable bonds is 6. The SMILES string of the molecule is O=C(CCN1C(=O)c2ccccc2C1=O)Nc1ccc(F)c(S(=O)(=O)N2CCOCC2)c1. The molecule has 2 aromatic carbocycles. The fraction of sp³-hybridized carbons (Fsp3) is 0.286. The number of morpholine rings is 1. The average molecular weight is 461 g/mol. The molecule has 0 spiro atoms. The van der Waals surface area contributed by atoms with Gasteiger partial charge in [0, 0.05) is 31.7 Å². The summed E-state index contributed by atoms with van der Waals surface area (Å²) in [6.07, 6.45) is -0.200. The van der Waals surface area contributed by atoms with Crippen LogP contribution in [0.15, 0.2) is 47.4 Å². The number of fused-ring (bicyclic) bond motifs is 1. The van der Waals surface area contributed by atoms with Gasteiger partial charge >= 0.3 is 0 Å². The van der Waals surface area contributed by atoms with Gasteiger partial charge in [0.15, 0.2) is 0 Å². The second-order valence-corrected chi connectivity index (χ2v) is 9.17. The number of carbonyl (C=O) groups is 3. The predicted molar refractivity (Wildman–Crippen MR) is 111 cm³/mol. The van der Waals surface area contributed by atoms with Crippen molar-refractivity contribution in [3.05, 3.63) is 59.4 Å². The number of amides is 3. The molecule has 2 aromatic rings. The second kappa shape index (κ2) is 8.77. The number of nitrogens with zero attached hydrogens (tertiary/aromatic N) is 2. The Morgan fingerprint density at radius 3 is 2.28 bits per heavy atom. The van der Waals surface area contributed by atoms with Gasteiger partial charge in [-0.05, 0) is 30.3 Å². The normalized spacial score (nSPS) is 16.8. The molecule has 9 nitrogen and oxygen atoms in total. The summed E-state index contributed by atoms with van der Waals surface area (Å²) in [4.78, 5) is 37.6. The summed E-state index contributed by atoms with van der Waals surface area (Å²) in [5.41, 5.74) is 0.661. The number of anilines is 1. The molecule has 1 N–H and O–H groups in total. The number of sulfonamides is 1. The summed E-state index contributed by atoms with van der Waals surface area (Å²) in [6, 6.07) is 9.66. The van der Waals surface area contributed by atoms with Crippen molar-refractivity contribution in [2.75, 3.05) is 38.2 Å². The van der Waals surface area contributed by atoms with Crippen molar-refractivity contribution in [2.24, 2.45) is 0 Å². The zero-order valence-corrected chi connectivity index (χ0v) is 17.7. The highest BCUT2D eigenvalue weighted by molar-refractivity contribution is 7.89. The molecule has 0 atom stereocenters. The van der Waals surface area contributed by atoms with E-state index < -0.39 is 38.5 Å². The van der Waals surface area contributed by atoms with E-state index in [2.05, 4.69) is 5.32 Å². The highest BCUT2D eigenvalue weighted by atomic mass is 32.2. The molecule has 0 unspecified atom stereocenters. The van der Waals surface area contributed by atoms with Crippen LogP contribution >= 0.6 is 0 Å². The van der Waals surface area contributed by atoms with Crippen molar-refractivity contribution in [1.82, 2.24) is 9.21 Å². The van der Waals surface area contributed by atoms with Crippen molar-refractivity contribution in [3.8, 4) is 0 Å². The Balaban J connectivity index is 1.43. The first kappa shape index (κ1) is 22.1. The Bertz CT molecular complexity index is 1160. The minimum Gasteiger partial charge on any atom is -0.379 e. The zero-order chi connectivity index (χ0) is 22.9. The molecule has 3 amide bonds. The van der Waals surface area contributed by atoms with Crippen LogP contribution in [0.3, 0.4) is 0 Å². The highest BCUT2D eigenvalue weighted by Crippen LogP contribution is 2.25. The van der Waals surface area contributed by atoms with E-state index in [-0.39, 0.29) is 56.1 Å². The lowest BCUT2D eigenvalue weighted by atomic mass is 10.1. The average Bonchev–Trinajstić information content (AvgIpc) is 3.04. The van der Waals surface area contributed by atoms with E-state index in [9.17, 15) is 27.2 Å². The molecule has 0 radical (unpaired) electrons. The molecule has 4 rings (SSSR count). The third-order valence-corrected chi connectivity index (χ3v) is 7.16. The molecule has 1 fully saturated rings. The fourth-order valence-corrected chi connectivity index (χ4v) is 5.08. The topological polar surface area (TPSA) is 113 Å². The van der Waals surface area contributed by atoms with Gasteiger partial charge in [-0.15, -0.1) is 0 Å². The number of hydrogen-bond acceptors (Lipinski definition) is 6. The monoisotopic (exact) mass is 461 g/mol. The fourth-order valence-electron chi connectivity index (χ4n) is 3.58. The molecule has 11 heteroatoms. The Morgan fingerprint density at radius 1 is 1.03 bits per heavy atom. The lowest BCUT2D eigenvalue weighted by Crippen LogP contribution is -2.40. The van der Waals surface area contributed by atoms with Crippen LogP contribution in [0, 0.1) is 5.82 Å². The van der Waals surface area contributed by atoms with Crippen LogP contribution in [0.1, 0.15) is 27.1 Å². The van der Waals surface area contributed by atoms with Gasteiger partial charge < -0.3 is 10.1 Å². The van der Waals surface area contributed by atoms with Gasteiger partial charge in [-0.25, -0.2) is 12.8 Å². The van der Waals surface area contributed by atoms with E-state index >= 15 is 0 Å². The van der Waals surface area contributed by atoms with E-state index in [0.29, 0.717) is 0 Å². The van der Waals surface area contributed by atoms with Crippen LogP contribution in [0.25, 0.3) is 0 Å². The van der Waals surface area contributed by atoms with Gasteiger partial charge in [-0.3, -0.25) is 19.3 Å². The molecular formula is C21H20FN3O6S. The third kappa shape index (κ3) is 4.14. The molecule has 2 heterocycles. The summed E-state index contributed by atoms with van der Waals surface area (Å²) in [5, 5.41) is 2.50. The lowest BCUT2D eigenvalue weighted by molar-refractivity contribution is -0.116. The van der Waals surface area contributed by atoms with E-state index in [1.165, 1.54) is 6.07 Å². The van der Waals surface area contributed by atoms with Crippen LogP contribution in [-0.4, -0.2) is 68.2 Å². The first-order valence-electron chi connectivity index (χ1n) is 9.91. The smallest absolute Gasteiger partial charge is 0.261 e. The molecule has 0 saturated carbocycles. The summed E-state index contributed by atoms with van der Waals surface area (Å²) in [7, 11) is -4.09. The van der Waals surface area contributed by atoms with Crippen LogP contribution in [-0.2, 0) is 19.6 Å².